The Kier molecular flexibility index (Phi) is 9.10. The van der Waals surface area contributed by atoms with Gasteiger partial charge in [0.25, 0.3) is 11.4 Å². The molecule has 0 spiro atoms. The van der Waals surface area contributed by atoms with Crippen molar-refractivity contribution in [3.05, 3.63) is 122 Å². The van der Waals surface area contributed by atoms with E-state index in [4.69, 9.17) is 16.3 Å². The van der Waals surface area contributed by atoms with E-state index in [2.05, 4.69) is 21.9 Å². The molecule has 0 aromatic heterocycles. The third kappa shape index (κ3) is 7.10. The van der Waals surface area contributed by atoms with Crippen LogP contribution in [0.15, 0.2) is 85.2 Å². The zero-order chi connectivity index (χ0) is 24.8. The average Bonchev–Trinajstić information content (AvgIpc) is 3.30. The summed E-state index contributed by atoms with van der Waals surface area (Å²) in [6, 6.07) is 20.6. The van der Waals surface area contributed by atoms with Crippen molar-refractivity contribution < 1.29 is 14.6 Å². The first-order valence-corrected chi connectivity index (χ1v) is 11.3. The Labute approximate surface area is 219 Å². The smallest absolute Gasteiger partial charge is 0.280 e. The highest BCUT2D eigenvalue weighted by molar-refractivity contribution is 6.30. The minimum atomic E-state index is -0.676. The fourth-order valence-corrected chi connectivity index (χ4v) is 3.94. The molecule has 0 aliphatic carbocycles. The average molecular weight is 531 g/mol. The minimum Gasteiger partial charge on any atom is -0.483 e. The van der Waals surface area contributed by atoms with Crippen LogP contribution in [0.3, 0.4) is 0 Å². The SMILES string of the molecule is Cl.O=[N+]([O-])c1cc(OC(CN2C=CN(CCc3ccccc3)C2)c2ccc(Cl)cc2)cc([N+](=O)[O-])c1. The van der Waals surface area contributed by atoms with Gasteiger partial charge < -0.3 is 14.5 Å². The number of non-ortho nitro benzene ring substituents is 2. The second kappa shape index (κ2) is 12.2. The molecule has 9 nitrogen and oxygen atoms in total. The van der Waals surface area contributed by atoms with Gasteiger partial charge in [-0.15, -0.1) is 12.4 Å². The van der Waals surface area contributed by atoms with Crippen molar-refractivity contribution in [3.8, 4) is 5.75 Å². The molecule has 0 saturated heterocycles. The van der Waals surface area contributed by atoms with Crippen LogP contribution < -0.4 is 4.74 Å². The van der Waals surface area contributed by atoms with Crippen LogP contribution in [0.25, 0.3) is 0 Å². The highest BCUT2D eigenvalue weighted by atomic mass is 35.5. The van der Waals surface area contributed by atoms with E-state index in [9.17, 15) is 20.2 Å². The molecule has 1 heterocycles. The molecular formula is C25H24Cl2N4O5. The second-order valence-corrected chi connectivity index (χ2v) is 8.55. The van der Waals surface area contributed by atoms with Crippen molar-refractivity contribution in [1.82, 2.24) is 9.80 Å². The molecule has 3 aromatic carbocycles. The lowest BCUT2D eigenvalue weighted by Gasteiger charge is -2.27. The van der Waals surface area contributed by atoms with Gasteiger partial charge >= 0.3 is 0 Å². The number of nitrogens with zero attached hydrogens (tertiary/aromatic N) is 4. The van der Waals surface area contributed by atoms with Gasteiger partial charge in [0.05, 0.1) is 41.3 Å². The van der Waals surface area contributed by atoms with Gasteiger partial charge in [0.1, 0.15) is 11.9 Å². The summed E-state index contributed by atoms with van der Waals surface area (Å²) >= 11 is 6.04. The summed E-state index contributed by atoms with van der Waals surface area (Å²) in [5, 5.41) is 23.1. The number of hydrogen-bond donors (Lipinski definition) is 0. The lowest BCUT2D eigenvalue weighted by atomic mass is 10.1. The van der Waals surface area contributed by atoms with E-state index in [0.717, 1.165) is 24.6 Å². The Hall–Kier alpha value is -3.82. The monoisotopic (exact) mass is 530 g/mol. The standard InChI is InChI=1S/C25H23ClN4O5.ClH/c26-21-8-6-20(7-9-21)25(35-24-15-22(29(31)32)14-23(16-24)30(33)34)17-28-13-12-27(18-28)11-10-19-4-2-1-3-5-19;/h1-9,12-16,25H,10-11,17-18H2;1H. The summed E-state index contributed by atoms with van der Waals surface area (Å²) in [5.74, 6) is 0.0509. The van der Waals surface area contributed by atoms with E-state index in [1.54, 1.807) is 12.1 Å². The predicted molar refractivity (Wildman–Crippen MR) is 139 cm³/mol. The summed E-state index contributed by atoms with van der Waals surface area (Å²) in [5.41, 5.74) is 1.24. The van der Waals surface area contributed by atoms with Crippen LogP contribution in [0.5, 0.6) is 5.75 Å². The maximum Gasteiger partial charge on any atom is 0.280 e. The predicted octanol–water partition coefficient (Wildman–Crippen LogP) is 5.99. The van der Waals surface area contributed by atoms with Gasteiger partial charge in [-0.05, 0) is 29.7 Å². The molecule has 36 heavy (non-hydrogen) atoms. The molecular weight excluding hydrogens is 507 g/mol. The molecule has 0 N–H and O–H groups in total. The molecule has 4 rings (SSSR count). The van der Waals surface area contributed by atoms with Gasteiger partial charge in [-0.1, -0.05) is 54.1 Å². The zero-order valence-electron chi connectivity index (χ0n) is 19.1. The van der Waals surface area contributed by atoms with E-state index in [-0.39, 0.29) is 18.2 Å². The Morgan fingerprint density at radius 2 is 1.50 bits per heavy atom. The van der Waals surface area contributed by atoms with Crippen molar-refractivity contribution in [3.63, 3.8) is 0 Å². The molecule has 0 radical (unpaired) electrons. The van der Waals surface area contributed by atoms with Crippen LogP contribution in [0.1, 0.15) is 17.2 Å². The second-order valence-electron chi connectivity index (χ2n) is 8.12. The van der Waals surface area contributed by atoms with Gasteiger partial charge in [0, 0.05) is 24.0 Å². The molecule has 0 saturated carbocycles. The van der Waals surface area contributed by atoms with E-state index in [1.807, 2.05) is 42.7 Å². The maximum absolute atomic E-state index is 11.3. The minimum absolute atomic E-state index is 0. The fraction of sp³-hybridized carbons (Fsp3) is 0.200. The quantitative estimate of drug-likeness (QED) is 0.234. The van der Waals surface area contributed by atoms with E-state index in [1.165, 1.54) is 17.7 Å². The van der Waals surface area contributed by atoms with E-state index >= 15 is 0 Å². The maximum atomic E-state index is 11.3. The summed E-state index contributed by atoms with van der Waals surface area (Å²) in [4.78, 5) is 25.5. The van der Waals surface area contributed by atoms with Crippen LogP contribution >= 0.6 is 24.0 Å². The van der Waals surface area contributed by atoms with Gasteiger partial charge in [0.2, 0.25) is 0 Å². The van der Waals surface area contributed by atoms with Crippen LogP contribution in [0, 0.1) is 20.2 Å². The van der Waals surface area contributed by atoms with Crippen molar-refractivity contribution in [2.24, 2.45) is 0 Å². The first-order valence-electron chi connectivity index (χ1n) is 10.9. The van der Waals surface area contributed by atoms with Crippen molar-refractivity contribution in [1.29, 1.82) is 0 Å². The van der Waals surface area contributed by atoms with Gasteiger partial charge in [-0.2, -0.15) is 0 Å². The third-order valence-corrected chi connectivity index (χ3v) is 5.85. The first kappa shape index (κ1) is 26.8. The normalized spacial score (nSPS) is 13.2. The lowest BCUT2D eigenvalue weighted by molar-refractivity contribution is -0.394. The number of ether oxygens (including phenoxy) is 1. The fourth-order valence-electron chi connectivity index (χ4n) is 3.81. The van der Waals surface area contributed by atoms with Crippen molar-refractivity contribution in [2.45, 2.75) is 12.5 Å². The molecule has 1 atom stereocenters. The molecule has 0 fully saturated rings. The van der Waals surface area contributed by atoms with Gasteiger partial charge in [0.15, 0.2) is 0 Å². The summed E-state index contributed by atoms with van der Waals surface area (Å²) < 4.78 is 6.10. The van der Waals surface area contributed by atoms with E-state index < -0.39 is 27.3 Å². The molecule has 188 valence electrons. The summed E-state index contributed by atoms with van der Waals surface area (Å²) in [6.45, 7) is 1.92. The zero-order valence-corrected chi connectivity index (χ0v) is 20.7. The molecule has 11 heteroatoms. The van der Waals surface area contributed by atoms with E-state index in [0.29, 0.717) is 18.2 Å². The number of halogens is 2. The van der Waals surface area contributed by atoms with Gasteiger partial charge in [-0.25, -0.2) is 0 Å². The number of hydrogen-bond acceptors (Lipinski definition) is 7. The number of nitro groups is 2. The molecule has 1 unspecified atom stereocenters. The molecule has 1 aliphatic heterocycles. The Balaban J connectivity index is 0.00000361. The van der Waals surface area contributed by atoms with Crippen LogP contribution in [0.2, 0.25) is 5.02 Å². The number of nitro benzene ring substituents is 2. The highest BCUT2D eigenvalue weighted by Crippen LogP contribution is 2.32. The van der Waals surface area contributed by atoms with Crippen molar-refractivity contribution in [2.75, 3.05) is 19.8 Å². The molecule has 0 bridgehead atoms. The van der Waals surface area contributed by atoms with Crippen LogP contribution in [0.4, 0.5) is 11.4 Å². The highest BCUT2D eigenvalue weighted by Gasteiger charge is 2.23. The summed E-state index contributed by atoms with van der Waals surface area (Å²) in [7, 11) is 0. The van der Waals surface area contributed by atoms with Crippen LogP contribution in [-0.2, 0) is 6.42 Å². The first-order chi connectivity index (χ1) is 16.9. The van der Waals surface area contributed by atoms with Gasteiger partial charge in [-0.3, -0.25) is 20.2 Å². The lowest BCUT2D eigenvalue weighted by Crippen LogP contribution is -2.31. The summed E-state index contributed by atoms with van der Waals surface area (Å²) in [6.07, 6.45) is 4.34. The van der Waals surface area contributed by atoms with Crippen molar-refractivity contribution >= 4 is 35.4 Å². The number of rotatable bonds is 10. The topological polar surface area (TPSA) is 102 Å². The molecule has 1 aliphatic rings. The Morgan fingerprint density at radius 3 is 2.11 bits per heavy atom. The number of benzene rings is 3. The molecule has 0 amide bonds. The Bertz CT molecular complexity index is 1190. The van der Waals surface area contributed by atoms with Crippen LogP contribution in [-0.4, -0.2) is 39.4 Å². The third-order valence-electron chi connectivity index (χ3n) is 5.60. The largest absolute Gasteiger partial charge is 0.483 e. The molecule has 3 aromatic rings. The Morgan fingerprint density at radius 1 is 0.889 bits per heavy atom.